The van der Waals surface area contributed by atoms with Crippen LogP contribution >= 0.6 is 63.1 Å². The molecule has 15 heteroatoms. The van der Waals surface area contributed by atoms with E-state index in [9.17, 15) is 0 Å². The molecule has 0 unspecified atom stereocenters. The summed E-state index contributed by atoms with van der Waals surface area (Å²) in [5, 5.41) is 0. The number of ether oxygens (including phenoxy) is 5. The summed E-state index contributed by atoms with van der Waals surface area (Å²) in [4.78, 5) is 4.75. The van der Waals surface area contributed by atoms with Crippen molar-refractivity contribution in [3.05, 3.63) is 298 Å². The van der Waals surface area contributed by atoms with Gasteiger partial charge in [-0.2, -0.15) is 0 Å². The first-order chi connectivity index (χ1) is 56.4. The molecule has 5 nitrogen and oxygen atoms in total. The molecule has 0 aliphatic heterocycles. The second-order valence-corrected chi connectivity index (χ2v) is 30.5. The van der Waals surface area contributed by atoms with Gasteiger partial charge in [0.1, 0.15) is 28.7 Å². The monoisotopic (exact) mass is 1720 g/mol. The molecule has 0 saturated carbocycles. The first kappa shape index (κ1) is 108. The summed E-state index contributed by atoms with van der Waals surface area (Å²) in [6.45, 7) is 15.1. The third kappa shape index (κ3) is 51.8. The van der Waals surface area contributed by atoms with Crippen LogP contribution in [0.25, 0.3) is 0 Å². The fourth-order valence-electron chi connectivity index (χ4n) is 11.1. The molecule has 640 valence electrons. The smallest absolute Gasteiger partial charge is 0.119 e. The largest absolute Gasteiger partial charge is 0.494 e. The summed E-state index contributed by atoms with van der Waals surface area (Å²) >= 11 is 21.4. The molecule has 0 radical (unpaired) electrons. The van der Waals surface area contributed by atoms with E-state index in [-0.39, 0.29) is 23.5 Å². The Hall–Kier alpha value is -9.60. The molecular formula is C105H125F5O5S5. The van der Waals surface area contributed by atoms with Gasteiger partial charge in [-0.1, -0.05) is 222 Å². The van der Waals surface area contributed by atoms with Crippen LogP contribution in [0, 0.1) is 59.2 Å². The van der Waals surface area contributed by atoms with Crippen LogP contribution in [-0.4, -0.2) is 33.0 Å². The van der Waals surface area contributed by atoms with E-state index in [1.54, 1.807) is 0 Å². The predicted octanol–water partition coefficient (Wildman–Crippen LogP) is 29.4. The quantitative estimate of drug-likeness (QED) is 0.0119. The van der Waals surface area contributed by atoms with E-state index in [0.717, 1.165) is 174 Å². The van der Waals surface area contributed by atoms with Crippen molar-refractivity contribution in [2.75, 3.05) is 33.0 Å². The Morgan fingerprint density at radius 3 is 0.383 bits per heavy atom. The zero-order valence-electron chi connectivity index (χ0n) is 70.6. The molecule has 10 aromatic carbocycles. The molecule has 0 amide bonds. The van der Waals surface area contributed by atoms with Gasteiger partial charge in [-0.25, -0.2) is 0 Å². The lowest BCUT2D eigenvalue weighted by molar-refractivity contribution is 0.304. The minimum atomic E-state index is 0. The molecule has 0 N–H and O–H groups in total. The number of hydrogen-bond donors (Lipinski definition) is 5. The Morgan fingerprint density at radius 2 is 0.267 bits per heavy atom. The third-order valence-corrected chi connectivity index (χ3v) is 19.4. The van der Waals surface area contributed by atoms with E-state index in [0.29, 0.717) is 0 Å². The highest BCUT2D eigenvalue weighted by molar-refractivity contribution is 7.81. The molecule has 10 rings (SSSR count). The van der Waals surface area contributed by atoms with E-state index < -0.39 is 0 Å². The molecule has 0 bridgehead atoms. The van der Waals surface area contributed by atoms with Gasteiger partial charge >= 0.3 is 0 Å². The second-order valence-electron chi connectivity index (χ2n) is 27.9. The van der Waals surface area contributed by atoms with Crippen molar-refractivity contribution in [1.82, 2.24) is 0 Å². The van der Waals surface area contributed by atoms with Crippen LogP contribution in [-0.2, 0) is 0 Å². The molecule has 0 aliphatic carbocycles. The number of benzene rings is 10. The van der Waals surface area contributed by atoms with Gasteiger partial charge < -0.3 is 23.7 Å². The first-order valence-electron chi connectivity index (χ1n) is 41.6. The van der Waals surface area contributed by atoms with E-state index in [4.69, 9.17) is 23.7 Å². The molecule has 0 heterocycles. The summed E-state index contributed by atoms with van der Waals surface area (Å²) in [5.41, 5.74) is 9.96. The summed E-state index contributed by atoms with van der Waals surface area (Å²) in [5.74, 6) is 36.2. The highest BCUT2D eigenvalue weighted by Gasteiger charge is 2.03. The molecule has 0 atom stereocenters. The summed E-state index contributed by atoms with van der Waals surface area (Å²) in [6.07, 6.45) is 31.5. The lowest BCUT2D eigenvalue weighted by Crippen LogP contribution is -1.97. The highest BCUT2D eigenvalue weighted by Crippen LogP contribution is 2.21. The van der Waals surface area contributed by atoms with Crippen molar-refractivity contribution < 1.29 is 47.2 Å². The van der Waals surface area contributed by atoms with Gasteiger partial charge in [0.15, 0.2) is 0 Å². The van der Waals surface area contributed by atoms with E-state index in [1.807, 2.05) is 243 Å². The number of thiol groups is 5. The van der Waals surface area contributed by atoms with Gasteiger partial charge in [-0.15, -0.1) is 63.1 Å². The van der Waals surface area contributed by atoms with Crippen molar-refractivity contribution in [1.29, 1.82) is 0 Å². The zero-order valence-corrected chi connectivity index (χ0v) is 75.1. The third-order valence-electron chi connectivity index (χ3n) is 17.9. The molecule has 0 spiro atoms. The van der Waals surface area contributed by atoms with Gasteiger partial charge in [-0.3, -0.25) is 23.5 Å². The van der Waals surface area contributed by atoms with Crippen molar-refractivity contribution in [2.45, 2.75) is 220 Å². The van der Waals surface area contributed by atoms with Crippen molar-refractivity contribution in [3.63, 3.8) is 0 Å². The minimum absolute atomic E-state index is 0. The standard InChI is InChI=1S/5C21H24OS.5FH/c5*1-2-3-4-5-6-17-22-20-13-9-18(10-14-20)7-8-19-11-15-21(23)16-12-19;;;;;/h5*9-16,23H,2-6,17H2,1H3;5*1H. The fourth-order valence-corrected chi connectivity index (χ4v) is 11.8. The van der Waals surface area contributed by atoms with E-state index >= 15 is 0 Å². The van der Waals surface area contributed by atoms with Gasteiger partial charge in [-0.05, 0) is 275 Å². The summed E-state index contributed by atoms with van der Waals surface area (Å²) in [6, 6.07) is 79.3. The maximum Gasteiger partial charge on any atom is 0.119 e. The number of unbranched alkanes of at least 4 members (excludes halogenated alkanes) is 20. The van der Waals surface area contributed by atoms with E-state index in [1.165, 1.54) is 128 Å². The zero-order chi connectivity index (χ0) is 81.7. The normalized spacial score (nSPS) is 9.58. The fraction of sp³-hybridized carbons (Fsp3) is 0.333. The van der Waals surface area contributed by atoms with Crippen LogP contribution in [0.5, 0.6) is 28.7 Å². The van der Waals surface area contributed by atoms with Crippen LogP contribution in [0.4, 0.5) is 23.5 Å². The Labute approximate surface area is 743 Å². The molecule has 0 aliphatic rings. The predicted molar refractivity (Wildman–Crippen MR) is 514 cm³/mol. The Bertz CT molecular complexity index is 3880. The molecule has 120 heavy (non-hydrogen) atoms. The summed E-state index contributed by atoms with van der Waals surface area (Å²) < 4.78 is 28.8. The minimum Gasteiger partial charge on any atom is -0.494 e. The average Bonchev–Trinajstić information content (AvgIpc) is 0.908. The van der Waals surface area contributed by atoms with Gasteiger partial charge in [0.25, 0.3) is 0 Å². The molecule has 0 aromatic heterocycles. The summed E-state index contributed by atoms with van der Waals surface area (Å²) in [7, 11) is 0. The Morgan fingerprint density at radius 1 is 0.158 bits per heavy atom. The topological polar surface area (TPSA) is 46.2 Å². The van der Waals surface area contributed by atoms with Crippen molar-refractivity contribution in [3.8, 4) is 88.0 Å². The van der Waals surface area contributed by atoms with Crippen LogP contribution in [0.1, 0.15) is 251 Å². The SMILES string of the molecule is CCCCCCCOc1ccc(C#Cc2ccc(S)cc2)cc1.CCCCCCCOc1ccc(C#Cc2ccc(S)cc2)cc1.CCCCCCCOc1ccc(C#Cc2ccc(S)cc2)cc1.CCCCCCCOc1ccc(C#Cc2ccc(S)cc2)cc1.CCCCCCCOc1ccc(C#Cc2ccc(S)cc2)cc1.F.F.F.F.F. The number of hydrogen-bond acceptors (Lipinski definition) is 10. The molecular weight excluding hydrogens is 1600 g/mol. The lowest BCUT2D eigenvalue weighted by atomic mass is 10.1. The number of rotatable bonds is 35. The Kier molecular flexibility index (Phi) is 63.3. The average molecular weight is 1720 g/mol. The van der Waals surface area contributed by atoms with E-state index in [2.05, 4.69) is 157 Å². The van der Waals surface area contributed by atoms with Gasteiger partial charge in [0.05, 0.1) is 33.0 Å². The van der Waals surface area contributed by atoms with Crippen LogP contribution in [0.15, 0.2) is 267 Å². The highest BCUT2D eigenvalue weighted by atomic mass is 32.1. The lowest BCUT2D eigenvalue weighted by Gasteiger charge is -2.05. The molecule has 0 fully saturated rings. The van der Waals surface area contributed by atoms with Gasteiger partial charge in [0.2, 0.25) is 0 Å². The van der Waals surface area contributed by atoms with Crippen LogP contribution in [0.2, 0.25) is 0 Å². The first-order valence-corrected chi connectivity index (χ1v) is 43.8. The molecule has 0 saturated heterocycles. The molecule has 10 aromatic rings. The maximum absolute atomic E-state index is 5.76. The Balaban J connectivity index is 0.000000742. The van der Waals surface area contributed by atoms with Crippen molar-refractivity contribution >= 4 is 63.1 Å². The van der Waals surface area contributed by atoms with Crippen molar-refractivity contribution in [2.24, 2.45) is 0 Å². The van der Waals surface area contributed by atoms with Crippen LogP contribution < -0.4 is 23.7 Å². The maximum atomic E-state index is 5.76. The van der Waals surface area contributed by atoms with Gasteiger partial charge in [0, 0.05) is 80.1 Å². The van der Waals surface area contributed by atoms with Crippen LogP contribution in [0.3, 0.4) is 0 Å². The number of halogens is 5. The second kappa shape index (κ2) is 70.1.